The van der Waals surface area contributed by atoms with Crippen LogP contribution in [0.3, 0.4) is 0 Å². The first kappa shape index (κ1) is 17.0. The van der Waals surface area contributed by atoms with Crippen LogP contribution in [0, 0.1) is 11.2 Å². The van der Waals surface area contributed by atoms with Gasteiger partial charge in [-0.3, -0.25) is 9.89 Å². The molecule has 1 aromatic carbocycles. The van der Waals surface area contributed by atoms with Crippen molar-refractivity contribution >= 4 is 11.9 Å². The maximum atomic E-state index is 14.5. The third-order valence-electron chi connectivity index (χ3n) is 6.13. The number of anilines is 1. The van der Waals surface area contributed by atoms with Gasteiger partial charge in [0.05, 0.1) is 5.41 Å². The average Bonchev–Trinajstić information content (AvgIpc) is 2.97. The van der Waals surface area contributed by atoms with E-state index in [0.29, 0.717) is 25.1 Å². The molecule has 138 valence electrons. The number of aromatic nitrogens is 3. The number of nitrogen functional groups attached to an aromatic ring is 1. The molecular weight excluding hydrogens is 333 g/mol. The smallest absolute Gasteiger partial charge is 0.239 e. The lowest BCUT2D eigenvalue weighted by atomic mass is 9.85. The Bertz CT molecular complexity index is 840. The number of amides is 1. The lowest BCUT2D eigenvalue weighted by molar-refractivity contribution is -0.136. The Labute approximate surface area is 152 Å². The highest BCUT2D eigenvalue weighted by Crippen LogP contribution is 2.65. The predicted octanol–water partition coefficient (Wildman–Crippen LogP) is 2.60. The van der Waals surface area contributed by atoms with Gasteiger partial charge in [0, 0.05) is 24.6 Å². The number of H-pyrrole nitrogens is 1. The van der Waals surface area contributed by atoms with Crippen molar-refractivity contribution in [2.45, 2.75) is 44.4 Å². The summed E-state index contributed by atoms with van der Waals surface area (Å²) >= 11 is 0. The first-order chi connectivity index (χ1) is 12.3. The number of carbonyl (C=O) groups excluding carboxylic acids is 1. The Balaban J connectivity index is 1.53. The van der Waals surface area contributed by atoms with Crippen molar-refractivity contribution in [1.82, 2.24) is 20.1 Å². The van der Waals surface area contributed by atoms with Gasteiger partial charge in [0.25, 0.3) is 0 Å². The molecule has 1 aromatic heterocycles. The maximum absolute atomic E-state index is 14.5. The number of nitrogens with one attached hydrogen (secondary N) is 1. The summed E-state index contributed by atoms with van der Waals surface area (Å²) < 4.78 is 14.5. The molecule has 0 radical (unpaired) electrons. The van der Waals surface area contributed by atoms with Gasteiger partial charge in [0.1, 0.15) is 11.6 Å². The first-order valence-electron chi connectivity index (χ1n) is 9.07. The summed E-state index contributed by atoms with van der Waals surface area (Å²) in [5.74, 6) is 1.00. The minimum Gasteiger partial charge on any atom is -0.367 e. The zero-order valence-corrected chi connectivity index (χ0v) is 15.1. The number of carbonyl (C=O) groups is 1. The number of hydrogen-bond donors (Lipinski definition) is 2. The molecule has 2 aliphatic rings. The molecule has 1 saturated heterocycles. The van der Waals surface area contributed by atoms with Gasteiger partial charge in [-0.15, -0.1) is 5.10 Å². The lowest BCUT2D eigenvalue weighted by Gasteiger charge is -2.35. The van der Waals surface area contributed by atoms with Crippen molar-refractivity contribution in [2.75, 3.05) is 18.8 Å². The zero-order chi connectivity index (χ0) is 18.5. The van der Waals surface area contributed by atoms with Crippen LogP contribution >= 0.6 is 0 Å². The van der Waals surface area contributed by atoms with E-state index in [-0.39, 0.29) is 29.0 Å². The third-order valence-corrected chi connectivity index (χ3v) is 6.13. The molecule has 0 bridgehead atoms. The molecule has 0 unspecified atom stereocenters. The van der Waals surface area contributed by atoms with Crippen LogP contribution in [0.15, 0.2) is 24.3 Å². The van der Waals surface area contributed by atoms with Crippen LogP contribution in [0.1, 0.15) is 50.4 Å². The van der Waals surface area contributed by atoms with Crippen molar-refractivity contribution in [1.29, 1.82) is 0 Å². The summed E-state index contributed by atoms with van der Waals surface area (Å²) in [7, 11) is 0. The number of halogens is 1. The van der Waals surface area contributed by atoms with Gasteiger partial charge in [-0.2, -0.15) is 4.98 Å². The van der Waals surface area contributed by atoms with Gasteiger partial charge >= 0.3 is 0 Å². The molecular formula is C19H24FN5O. The van der Waals surface area contributed by atoms with Crippen molar-refractivity contribution in [2.24, 2.45) is 5.41 Å². The van der Waals surface area contributed by atoms with Crippen LogP contribution in [0.5, 0.6) is 0 Å². The molecule has 1 amide bonds. The van der Waals surface area contributed by atoms with E-state index in [9.17, 15) is 9.18 Å². The van der Waals surface area contributed by atoms with Gasteiger partial charge in [0.2, 0.25) is 11.9 Å². The van der Waals surface area contributed by atoms with Crippen molar-refractivity contribution in [3.63, 3.8) is 0 Å². The topological polar surface area (TPSA) is 87.9 Å². The SMILES string of the molecule is CC1(C)C[C@]1(C(=O)N1CCC(c2nc(N)n[nH]2)CC1)c1ccccc1F. The van der Waals surface area contributed by atoms with E-state index in [2.05, 4.69) is 15.2 Å². The highest BCUT2D eigenvalue weighted by molar-refractivity contribution is 5.93. The second kappa shape index (κ2) is 5.79. The fourth-order valence-corrected chi connectivity index (χ4v) is 4.46. The van der Waals surface area contributed by atoms with Crippen molar-refractivity contribution in [3.05, 3.63) is 41.5 Å². The summed E-state index contributed by atoms with van der Waals surface area (Å²) in [4.78, 5) is 19.5. The van der Waals surface area contributed by atoms with E-state index in [0.717, 1.165) is 18.7 Å². The Morgan fingerprint density at radius 3 is 2.50 bits per heavy atom. The van der Waals surface area contributed by atoms with Crippen LogP contribution in [0.2, 0.25) is 0 Å². The Morgan fingerprint density at radius 1 is 1.31 bits per heavy atom. The normalized spacial score (nSPS) is 25.3. The van der Waals surface area contributed by atoms with Crippen LogP contribution in [0.4, 0.5) is 10.3 Å². The van der Waals surface area contributed by atoms with E-state index in [1.54, 1.807) is 12.1 Å². The number of hydrogen-bond acceptors (Lipinski definition) is 4. The molecule has 3 N–H and O–H groups in total. The second-order valence-electron chi connectivity index (χ2n) is 8.09. The molecule has 0 spiro atoms. The van der Waals surface area contributed by atoms with Crippen LogP contribution < -0.4 is 5.73 Å². The summed E-state index contributed by atoms with van der Waals surface area (Å²) in [5, 5.41) is 6.75. The summed E-state index contributed by atoms with van der Waals surface area (Å²) in [5.41, 5.74) is 5.13. The molecule has 26 heavy (non-hydrogen) atoms. The molecule has 2 fully saturated rings. The highest BCUT2D eigenvalue weighted by atomic mass is 19.1. The highest BCUT2D eigenvalue weighted by Gasteiger charge is 2.68. The van der Waals surface area contributed by atoms with Crippen LogP contribution in [-0.2, 0) is 10.2 Å². The number of rotatable bonds is 3. The Kier molecular flexibility index (Phi) is 3.78. The van der Waals surface area contributed by atoms with Gasteiger partial charge in [0.15, 0.2) is 0 Å². The number of piperidine rings is 1. The molecule has 7 heteroatoms. The van der Waals surface area contributed by atoms with E-state index in [1.807, 2.05) is 24.8 Å². The number of nitrogens with zero attached hydrogens (tertiary/aromatic N) is 3. The number of aromatic amines is 1. The second-order valence-corrected chi connectivity index (χ2v) is 8.09. The standard InChI is InChI=1S/C19H24FN5O/c1-18(2)11-19(18,13-5-3-4-6-14(13)20)16(26)25-9-7-12(8-10-25)15-22-17(21)24-23-15/h3-6,12H,7-11H2,1-2H3,(H3,21,22,23,24)/t19-/m1/s1. The fraction of sp³-hybridized carbons (Fsp3) is 0.526. The molecule has 1 aliphatic carbocycles. The predicted molar refractivity (Wildman–Crippen MR) is 95.8 cm³/mol. The lowest BCUT2D eigenvalue weighted by Crippen LogP contribution is -2.45. The largest absolute Gasteiger partial charge is 0.367 e. The molecule has 1 aliphatic heterocycles. The average molecular weight is 357 g/mol. The molecule has 2 aromatic rings. The molecule has 1 saturated carbocycles. The van der Waals surface area contributed by atoms with E-state index >= 15 is 0 Å². The third kappa shape index (κ3) is 2.48. The number of benzene rings is 1. The maximum Gasteiger partial charge on any atom is 0.239 e. The van der Waals surface area contributed by atoms with Crippen LogP contribution in [-0.4, -0.2) is 39.1 Å². The van der Waals surface area contributed by atoms with Gasteiger partial charge in [-0.05, 0) is 30.7 Å². The van der Waals surface area contributed by atoms with E-state index in [1.165, 1.54) is 6.07 Å². The van der Waals surface area contributed by atoms with Crippen molar-refractivity contribution in [3.8, 4) is 0 Å². The van der Waals surface area contributed by atoms with Gasteiger partial charge in [-0.25, -0.2) is 4.39 Å². The molecule has 1 atom stereocenters. The Morgan fingerprint density at radius 2 is 1.96 bits per heavy atom. The minimum atomic E-state index is -0.748. The molecule has 4 rings (SSSR count). The van der Waals surface area contributed by atoms with E-state index < -0.39 is 5.41 Å². The molecule has 2 heterocycles. The monoisotopic (exact) mass is 357 g/mol. The summed E-state index contributed by atoms with van der Waals surface area (Å²) in [6, 6.07) is 6.68. The first-order valence-corrected chi connectivity index (χ1v) is 9.07. The van der Waals surface area contributed by atoms with Gasteiger partial charge < -0.3 is 10.6 Å². The Hall–Kier alpha value is -2.44. The summed E-state index contributed by atoms with van der Waals surface area (Å²) in [6.45, 7) is 5.36. The van der Waals surface area contributed by atoms with Crippen LogP contribution in [0.25, 0.3) is 0 Å². The number of nitrogens with two attached hydrogens (primary N) is 1. The number of likely N-dealkylation sites (tertiary alicyclic amines) is 1. The molecule has 6 nitrogen and oxygen atoms in total. The quantitative estimate of drug-likeness (QED) is 0.884. The van der Waals surface area contributed by atoms with E-state index in [4.69, 9.17) is 5.73 Å². The fourth-order valence-electron chi connectivity index (χ4n) is 4.46. The zero-order valence-electron chi connectivity index (χ0n) is 15.1. The van der Waals surface area contributed by atoms with Gasteiger partial charge in [-0.1, -0.05) is 32.0 Å². The minimum absolute atomic E-state index is 0.0446. The summed E-state index contributed by atoms with van der Waals surface area (Å²) in [6.07, 6.45) is 2.28. The van der Waals surface area contributed by atoms with Crippen molar-refractivity contribution < 1.29 is 9.18 Å².